The van der Waals surface area contributed by atoms with E-state index in [2.05, 4.69) is 11.1 Å². The summed E-state index contributed by atoms with van der Waals surface area (Å²) in [5.74, 6) is 0.957. The highest BCUT2D eigenvalue weighted by molar-refractivity contribution is 5.80. The largest absolute Gasteiger partial charge is 0.390 e. The molecule has 2 heterocycles. The van der Waals surface area contributed by atoms with Gasteiger partial charge in [0.1, 0.15) is 0 Å². The van der Waals surface area contributed by atoms with Crippen molar-refractivity contribution in [1.29, 1.82) is 0 Å². The SMILES string of the molecule is CC1(O)CC(C(=O)N2CCC(Cc3cccnc3)CC2)C1. The van der Waals surface area contributed by atoms with Gasteiger partial charge in [-0.25, -0.2) is 0 Å². The lowest BCUT2D eigenvalue weighted by atomic mass is 9.71. The van der Waals surface area contributed by atoms with E-state index in [4.69, 9.17) is 0 Å². The van der Waals surface area contributed by atoms with Crippen molar-refractivity contribution < 1.29 is 9.90 Å². The van der Waals surface area contributed by atoms with Crippen molar-refractivity contribution in [2.45, 2.75) is 44.6 Å². The monoisotopic (exact) mass is 288 g/mol. The van der Waals surface area contributed by atoms with E-state index in [1.807, 2.05) is 24.1 Å². The molecule has 2 fully saturated rings. The number of hydrogen-bond donors (Lipinski definition) is 1. The molecule has 0 atom stereocenters. The Hall–Kier alpha value is -1.42. The zero-order valence-electron chi connectivity index (χ0n) is 12.7. The Kier molecular flexibility index (Phi) is 3.98. The summed E-state index contributed by atoms with van der Waals surface area (Å²) in [6.45, 7) is 3.54. The second-order valence-electron chi connectivity index (χ2n) is 6.94. The maximum Gasteiger partial charge on any atom is 0.225 e. The summed E-state index contributed by atoms with van der Waals surface area (Å²) in [4.78, 5) is 18.5. The number of aliphatic hydroxyl groups is 1. The van der Waals surface area contributed by atoms with Gasteiger partial charge in [-0.15, -0.1) is 0 Å². The molecular weight excluding hydrogens is 264 g/mol. The standard InChI is InChI=1S/C17H24N2O2/c1-17(21)10-15(11-17)16(20)19-7-4-13(5-8-19)9-14-3-2-6-18-12-14/h2-3,6,12-13,15,21H,4-5,7-11H2,1H3. The molecule has 3 rings (SSSR count). The van der Waals surface area contributed by atoms with Gasteiger partial charge in [-0.3, -0.25) is 9.78 Å². The molecule has 21 heavy (non-hydrogen) atoms. The molecule has 1 N–H and O–H groups in total. The van der Waals surface area contributed by atoms with Gasteiger partial charge in [-0.2, -0.15) is 0 Å². The first-order chi connectivity index (χ1) is 10.0. The highest BCUT2D eigenvalue weighted by atomic mass is 16.3. The summed E-state index contributed by atoms with van der Waals surface area (Å²) in [6, 6.07) is 4.11. The van der Waals surface area contributed by atoms with Crippen LogP contribution in [0.2, 0.25) is 0 Å². The molecule has 0 spiro atoms. The number of aromatic nitrogens is 1. The Morgan fingerprint density at radius 3 is 2.71 bits per heavy atom. The molecule has 1 amide bonds. The number of nitrogens with zero attached hydrogens (tertiary/aromatic N) is 2. The number of amides is 1. The van der Waals surface area contributed by atoms with Crippen LogP contribution >= 0.6 is 0 Å². The van der Waals surface area contributed by atoms with E-state index in [9.17, 15) is 9.90 Å². The summed E-state index contributed by atoms with van der Waals surface area (Å²) in [5, 5.41) is 9.76. The normalized spacial score (nSPS) is 30.0. The lowest BCUT2D eigenvalue weighted by molar-refractivity contribution is -0.151. The van der Waals surface area contributed by atoms with E-state index < -0.39 is 5.60 Å². The van der Waals surface area contributed by atoms with Gasteiger partial charge in [0.05, 0.1) is 5.60 Å². The van der Waals surface area contributed by atoms with Crippen molar-refractivity contribution in [2.24, 2.45) is 11.8 Å². The van der Waals surface area contributed by atoms with Crippen molar-refractivity contribution in [3.8, 4) is 0 Å². The third-order valence-corrected chi connectivity index (χ3v) is 4.89. The Balaban J connectivity index is 1.46. The lowest BCUT2D eigenvalue weighted by Crippen LogP contribution is -2.51. The first kappa shape index (κ1) is 14.5. The summed E-state index contributed by atoms with van der Waals surface area (Å²) in [5.41, 5.74) is 0.677. The smallest absolute Gasteiger partial charge is 0.225 e. The van der Waals surface area contributed by atoms with Crippen LogP contribution in [0.4, 0.5) is 0 Å². The van der Waals surface area contributed by atoms with E-state index in [1.165, 1.54) is 5.56 Å². The number of rotatable bonds is 3. The lowest BCUT2D eigenvalue weighted by Gasteiger charge is -2.43. The number of piperidine rings is 1. The second-order valence-corrected chi connectivity index (χ2v) is 6.94. The maximum absolute atomic E-state index is 12.3. The molecule has 0 aromatic carbocycles. The molecule has 1 aliphatic carbocycles. The highest BCUT2D eigenvalue weighted by Crippen LogP contribution is 2.39. The van der Waals surface area contributed by atoms with Gasteiger partial charge in [0.15, 0.2) is 0 Å². The molecular formula is C17H24N2O2. The molecule has 1 aromatic rings. The van der Waals surface area contributed by atoms with Crippen molar-refractivity contribution in [2.75, 3.05) is 13.1 Å². The first-order valence-corrected chi connectivity index (χ1v) is 7.93. The predicted octanol–water partition coefficient (Wildman–Crippen LogP) is 2.02. The van der Waals surface area contributed by atoms with Crippen molar-refractivity contribution in [3.63, 3.8) is 0 Å². The fraction of sp³-hybridized carbons (Fsp3) is 0.647. The molecule has 1 aliphatic heterocycles. The molecule has 4 heteroatoms. The number of carbonyl (C=O) groups excluding carboxylic acids is 1. The minimum atomic E-state index is -0.612. The fourth-order valence-corrected chi connectivity index (χ4v) is 3.64. The highest BCUT2D eigenvalue weighted by Gasteiger charge is 2.44. The van der Waals surface area contributed by atoms with Gasteiger partial charge >= 0.3 is 0 Å². The Morgan fingerprint density at radius 2 is 2.14 bits per heavy atom. The molecule has 114 valence electrons. The van der Waals surface area contributed by atoms with Crippen molar-refractivity contribution in [1.82, 2.24) is 9.88 Å². The average molecular weight is 288 g/mol. The fourth-order valence-electron chi connectivity index (χ4n) is 3.64. The first-order valence-electron chi connectivity index (χ1n) is 7.93. The minimum Gasteiger partial charge on any atom is -0.390 e. The Bertz CT molecular complexity index is 485. The quantitative estimate of drug-likeness (QED) is 0.926. The van der Waals surface area contributed by atoms with Gasteiger partial charge in [0.2, 0.25) is 5.91 Å². The molecule has 1 saturated heterocycles. The van der Waals surface area contributed by atoms with Crippen LogP contribution in [0, 0.1) is 11.8 Å². The molecule has 0 bridgehead atoms. The van der Waals surface area contributed by atoms with Crippen LogP contribution in [0.1, 0.15) is 38.2 Å². The van der Waals surface area contributed by atoms with Crippen LogP contribution in [0.25, 0.3) is 0 Å². The Morgan fingerprint density at radius 1 is 1.43 bits per heavy atom. The van der Waals surface area contributed by atoms with Crippen LogP contribution in [0.15, 0.2) is 24.5 Å². The summed E-state index contributed by atoms with van der Waals surface area (Å²) in [6.07, 6.45) is 8.21. The maximum atomic E-state index is 12.3. The van der Waals surface area contributed by atoms with Crippen LogP contribution < -0.4 is 0 Å². The summed E-state index contributed by atoms with van der Waals surface area (Å²) < 4.78 is 0. The van der Waals surface area contributed by atoms with Crippen LogP contribution in [0.3, 0.4) is 0 Å². The van der Waals surface area contributed by atoms with Crippen LogP contribution in [-0.2, 0) is 11.2 Å². The zero-order chi connectivity index (χ0) is 14.9. The topological polar surface area (TPSA) is 53.4 Å². The Labute approximate surface area is 126 Å². The number of hydrogen-bond acceptors (Lipinski definition) is 3. The van der Waals surface area contributed by atoms with Crippen molar-refractivity contribution >= 4 is 5.91 Å². The second kappa shape index (κ2) is 5.76. The van der Waals surface area contributed by atoms with Crippen LogP contribution in [0.5, 0.6) is 0 Å². The van der Waals surface area contributed by atoms with Crippen molar-refractivity contribution in [3.05, 3.63) is 30.1 Å². The number of pyridine rings is 1. The summed E-state index contributed by atoms with van der Waals surface area (Å²) >= 11 is 0. The van der Waals surface area contributed by atoms with E-state index in [1.54, 1.807) is 6.20 Å². The molecule has 4 nitrogen and oxygen atoms in total. The molecule has 0 radical (unpaired) electrons. The van der Waals surface area contributed by atoms with Gasteiger partial charge in [-0.1, -0.05) is 6.07 Å². The predicted molar refractivity (Wildman–Crippen MR) is 80.6 cm³/mol. The van der Waals surface area contributed by atoms with E-state index in [0.29, 0.717) is 18.8 Å². The number of carbonyl (C=O) groups is 1. The summed E-state index contributed by atoms with van der Waals surface area (Å²) in [7, 11) is 0. The van der Waals surface area contributed by atoms with Crippen LogP contribution in [-0.4, -0.2) is 39.6 Å². The molecule has 1 aromatic heterocycles. The number of likely N-dealkylation sites (tertiary alicyclic amines) is 1. The third-order valence-electron chi connectivity index (χ3n) is 4.89. The van der Waals surface area contributed by atoms with E-state index in [0.717, 1.165) is 32.4 Å². The van der Waals surface area contributed by atoms with Gasteiger partial charge in [-0.05, 0) is 56.6 Å². The molecule has 2 aliphatic rings. The van der Waals surface area contributed by atoms with E-state index in [-0.39, 0.29) is 11.8 Å². The van der Waals surface area contributed by atoms with Gasteiger partial charge in [0, 0.05) is 31.4 Å². The zero-order valence-corrected chi connectivity index (χ0v) is 12.7. The average Bonchev–Trinajstić information content (AvgIpc) is 2.46. The van der Waals surface area contributed by atoms with E-state index >= 15 is 0 Å². The third kappa shape index (κ3) is 3.43. The minimum absolute atomic E-state index is 0.0508. The van der Waals surface area contributed by atoms with Gasteiger partial charge < -0.3 is 10.0 Å². The van der Waals surface area contributed by atoms with Gasteiger partial charge in [0.25, 0.3) is 0 Å². The molecule has 1 saturated carbocycles. The molecule has 0 unspecified atom stereocenters.